The van der Waals surface area contributed by atoms with Crippen molar-refractivity contribution in [2.45, 2.75) is 51.4 Å². The summed E-state index contributed by atoms with van der Waals surface area (Å²) in [6.45, 7) is 2.41. The molecule has 190 valence electrons. The second kappa shape index (κ2) is 11.2. The summed E-state index contributed by atoms with van der Waals surface area (Å²) < 4.78 is 12.2. The van der Waals surface area contributed by atoms with Gasteiger partial charge in [0.25, 0.3) is 0 Å². The molecule has 0 fully saturated rings. The van der Waals surface area contributed by atoms with E-state index >= 15 is 0 Å². The summed E-state index contributed by atoms with van der Waals surface area (Å²) in [7, 11) is 0. The number of halogens is 1. The molecule has 2 aromatic carbocycles. The van der Waals surface area contributed by atoms with Crippen LogP contribution >= 0.6 is 11.6 Å². The van der Waals surface area contributed by atoms with Gasteiger partial charge in [-0.3, -0.25) is 4.79 Å². The molecular formula is C31H30ClNO4. The molecule has 0 spiro atoms. The molecule has 6 heteroatoms. The molecule has 1 heterocycles. The van der Waals surface area contributed by atoms with Crippen LogP contribution in [0.4, 0.5) is 0 Å². The van der Waals surface area contributed by atoms with Crippen LogP contribution in [0, 0.1) is 6.92 Å². The standard InChI is InChI=1S/C31H30ClNO4/c1-20-28(33-31(37-20)22-7-5-3-2-4-6-8-22)15-16-36-26-17-23-9-10-24(18-29(34)35)30(23)27(19-26)21-11-13-25(32)14-12-21/h2-5,8,11-14,17,19,24H,6-7,9-10,15-16,18H2,1H3,(H,34,35)/b4-2?,5-3-,22-8+. The first-order chi connectivity index (χ1) is 18.0. The highest BCUT2D eigenvalue weighted by molar-refractivity contribution is 6.30. The summed E-state index contributed by atoms with van der Waals surface area (Å²) in [5.74, 6) is 1.50. The van der Waals surface area contributed by atoms with Crippen LogP contribution in [0.3, 0.4) is 0 Å². The Morgan fingerprint density at radius 3 is 2.81 bits per heavy atom. The number of carbonyl (C=O) groups is 1. The van der Waals surface area contributed by atoms with Crippen molar-refractivity contribution in [3.05, 3.63) is 100 Å². The van der Waals surface area contributed by atoms with Crippen LogP contribution in [0.15, 0.2) is 71.2 Å². The molecule has 0 bridgehead atoms. The predicted octanol–water partition coefficient (Wildman–Crippen LogP) is 7.72. The summed E-state index contributed by atoms with van der Waals surface area (Å²) in [6.07, 6.45) is 14.6. The van der Waals surface area contributed by atoms with E-state index < -0.39 is 5.97 Å². The quantitative estimate of drug-likeness (QED) is 0.332. The van der Waals surface area contributed by atoms with Gasteiger partial charge in [0.05, 0.1) is 18.7 Å². The van der Waals surface area contributed by atoms with Crippen LogP contribution < -0.4 is 4.74 Å². The maximum absolute atomic E-state index is 11.5. The van der Waals surface area contributed by atoms with Gasteiger partial charge in [-0.15, -0.1) is 0 Å². The van der Waals surface area contributed by atoms with Crippen molar-refractivity contribution in [3.8, 4) is 16.9 Å². The van der Waals surface area contributed by atoms with Gasteiger partial charge in [0.1, 0.15) is 11.5 Å². The number of hydrogen-bond donors (Lipinski definition) is 1. The number of aliphatic carboxylic acids is 1. The van der Waals surface area contributed by atoms with Crippen molar-refractivity contribution < 1.29 is 19.1 Å². The second-order valence-electron chi connectivity index (χ2n) is 9.53. The topological polar surface area (TPSA) is 72.6 Å². The zero-order valence-electron chi connectivity index (χ0n) is 20.9. The monoisotopic (exact) mass is 515 g/mol. The molecule has 1 atom stereocenters. The molecule has 2 aliphatic carbocycles. The molecule has 3 aromatic rings. The third kappa shape index (κ3) is 5.89. The molecule has 0 radical (unpaired) electrons. The lowest BCUT2D eigenvalue weighted by Crippen LogP contribution is -2.06. The van der Waals surface area contributed by atoms with Crippen LogP contribution in [-0.2, 0) is 17.6 Å². The first-order valence-corrected chi connectivity index (χ1v) is 13.1. The number of aromatic nitrogens is 1. The summed E-state index contributed by atoms with van der Waals surface area (Å²) in [5.41, 5.74) is 6.30. The van der Waals surface area contributed by atoms with Gasteiger partial charge >= 0.3 is 5.97 Å². The molecule has 1 aromatic heterocycles. The number of oxazole rings is 1. The number of hydrogen-bond acceptors (Lipinski definition) is 4. The summed E-state index contributed by atoms with van der Waals surface area (Å²) >= 11 is 6.13. The van der Waals surface area contributed by atoms with E-state index in [2.05, 4.69) is 36.4 Å². The first-order valence-electron chi connectivity index (χ1n) is 12.7. The number of benzene rings is 2. The van der Waals surface area contributed by atoms with Gasteiger partial charge in [-0.25, -0.2) is 4.98 Å². The Balaban J connectivity index is 1.34. The van der Waals surface area contributed by atoms with E-state index in [-0.39, 0.29) is 12.3 Å². The summed E-state index contributed by atoms with van der Waals surface area (Å²) in [5, 5.41) is 10.1. The minimum absolute atomic E-state index is 0.00338. The van der Waals surface area contributed by atoms with E-state index in [0.717, 1.165) is 70.7 Å². The number of allylic oxidation sites excluding steroid dienone is 6. The number of carboxylic acids is 1. The SMILES string of the molecule is Cc1oc(/C2=C/CC=C/C=C\C2)nc1CCOc1cc2c(c(-c3ccc(Cl)cc3)c1)C(CC(=O)O)CC2. The molecule has 1 unspecified atom stereocenters. The van der Waals surface area contributed by atoms with Crippen molar-refractivity contribution >= 4 is 23.1 Å². The van der Waals surface area contributed by atoms with E-state index in [1.54, 1.807) is 0 Å². The normalized spacial score (nSPS) is 19.0. The lowest BCUT2D eigenvalue weighted by molar-refractivity contribution is -0.137. The zero-order valence-corrected chi connectivity index (χ0v) is 21.6. The van der Waals surface area contributed by atoms with Crippen LogP contribution in [-0.4, -0.2) is 22.7 Å². The van der Waals surface area contributed by atoms with Gasteiger partial charge in [0, 0.05) is 17.0 Å². The molecular weight excluding hydrogens is 486 g/mol. The largest absolute Gasteiger partial charge is 0.493 e. The van der Waals surface area contributed by atoms with Crippen molar-refractivity contribution in [2.75, 3.05) is 6.61 Å². The zero-order chi connectivity index (χ0) is 25.8. The molecule has 5 rings (SSSR count). The van der Waals surface area contributed by atoms with Crippen molar-refractivity contribution in [2.24, 2.45) is 0 Å². The van der Waals surface area contributed by atoms with E-state index in [0.29, 0.717) is 23.9 Å². The van der Waals surface area contributed by atoms with Crippen LogP contribution in [0.1, 0.15) is 60.1 Å². The molecule has 0 saturated heterocycles. The van der Waals surface area contributed by atoms with Gasteiger partial charge in [-0.2, -0.15) is 0 Å². The lowest BCUT2D eigenvalue weighted by Gasteiger charge is -2.17. The molecule has 2 aliphatic rings. The average Bonchev–Trinajstić information content (AvgIpc) is 3.42. The molecule has 5 nitrogen and oxygen atoms in total. The Kier molecular flexibility index (Phi) is 7.61. The first kappa shape index (κ1) is 25.1. The highest BCUT2D eigenvalue weighted by atomic mass is 35.5. The van der Waals surface area contributed by atoms with Crippen molar-refractivity contribution in [1.82, 2.24) is 4.98 Å². The Bertz CT molecular complexity index is 1380. The summed E-state index contributed by atoms with van der Waals surface area (Å²) in [6, 6.07) is 11.8. The van der Waals surface area contributed by atoms with Gasteiger partial charge in [0.2, 0.25) is 5.89 Å². The average molecular weight is 516 g/mol. The van der Waals surface area contributed by atoms with E-state index in [1.807, 2.05) is 37.3 Å². The third-order valence-corrected chi connectivity index (χ3v) is 7.23. The lowest BCUT2D eigenvalue weighted by atomic mass is 9.89. The highest BCUT2D eigenvalue weighted by Gasteiger charge is 2.29. The molecule has 0 amide bonds. The van der Waals surface area contributed by atoms with Gasteiger partial charge in [-0.05, 0) is 85.0 Å². The fraction of sp³-hybridized carbons (Fsp3) is 0.290. The Morgan fingerprint density at radius 2 is 2.00 bits per heavy atom. The molecule has 0 saturated carbocycles. The molecule has 37 heavy (non-hydrogen) atoms. The van der Waals surface area contributed by atoms with Crippen molar-refractivity contribution in [3.63, 3.8) is 0 Å². The maximum atomic E-state index is 11.5. The van der Waals surface area contributed by atoms with E-state index in [9.17, 15) is 9.90 Å². The summed E-state index contributed by atoms with van der Waals surface area (Å²) in [4.78, 5) is 16.3. The van der Waals surface area contributed by atoms with E-state index in [1.165, 1.54) is 0 Å². The fourth-order valence-corrected chi connectivity index (χ4v) is 5.30. The minimum Gasteiger partial charge on any atom is -0.493 e. The minimum atomic E-state index is -0.773. The van der Waals surface area contributed by atoms with E-state index in [4.69, 9.17) is 25.7 Å². The molecule has 1 N–H and O–H groups in total. The number of nitrogens with zero attached hydrogens (tertiary/aromatic N) is 1. The predicted molar refractivity (Wildman–Crippen MR) is 146 cm³/mol. The van der Waals surface area contributed by atoms with Crippen LogP contribution in [0.2, 0.25) is 5.02 Å². The van der Waals surface area contributed by atoms with Gasteiger partial charge in [-0.1, -0.05) is 54.1 Å². The molecule has 0 aliphatic heterocycles. The number of rotatable bonds is 8. The fourth-order valence-electron chi connectivity index (χ4n) is 5.18. The Morgan fingerprint density at radius 1 is 1.19 bits per heavy atom. The van der Waals surface area contributed by atoms with Crippen LogP contribution in [0.25, 0.3) is 16.7 Å². The smallest absolute Gasteiger partial charge is 0.303 e. The maximum Gasteiger partial charge on any atom is 0.303 e. The Labute approximate surface area is 222 Å². The number of carboxylic acid groups (broad SMARTS) is 1. The van der Waals surface area contributed by atoms with Crippen LogP contribution in [0.5, 0.6) is 5.75 Å². The Hall–Kier alpha value is -3.57. The van der Waals surface area contributed by atoms with Crippen molar-refractivity contribution in [1.29, 1.82) is 0 Å². The van der Waals surface area contributed by atoms with Gasteiger partial charge in [0.15, 0.2) is 0 Å². The number of aryl methyl sites for hydroxylation is 2. The second-order valence-corrected chi connectivity index (χ2v) is 9.97. The van der Waals surface area contributed by atoms with Gasteiger partial charge < -0.3 is 14.3 Å². The third-order valence-electron chi connectivity index (χ3n) is 6.98. The highest BCUT2D eigenvalue weighted by Crippen LogP contribution is 2.44. The number of ether oxygens (including phenoxy) is 1. The number of fused-ring (bicyclic) bond motifs is 1.